The van der Waals surface area contributed by atoms with Crippen molar-refractivity contribution in [1.29, 1.82) is 0 Å². The summed E-state index contributed by atoms with van der Waals surface area (Å²) in [5, 5.41) is 0. The van der Waals surface area contributed by atoms with E-state index in [1.165, 1.54) is 0 Å². The molecule has 0 radical (unpaired) electrons. The van der Waals surface area contributed by atoms with Gasteiger partial charge in [0, 0.05) is 21.3 Å². The van der Waals surface area contributed by atoms with Crippen LogP contribution in [0.15, 0.2) is 63.0 Å². The van der Waals surface area contributed by atoms with E-state index in [2.05, 4.69) is 39.1 Å². The molecule has 2 nitrogen and oxygen atoms in total. The Balaban J connectivity index is 2.21. The second-order valence-electron chi connectivity index (χ2n) is 4.54. The highest BCUT2D eigenvalue weighted by molar-refractivity contribution is 9.10. The van der Waals surface area contributed by atoms with Crippen LogP contribution in [0.1, 0.15) is 18.1 Å². The van der Waals surface area contributed by atoms with E-state index < -0.39 is 0 Å². The molecule has 0 spiro atoms. The van der Waals surface area contributed by atoms with Crippen molar-refractivity contribution in [2.24, 2.45) is 9.98 Å². The molecule has 0 saturated carbocycles. The third-order valence-corrected chi connectivity index (χ3v) is 3.53. The minimum Gasteiger partial charge on any atom is -0.278 e. The van der Waals surface area contributed by atoms with Gasteiger partial charge in [0.2, 0.25) is 0 Å². The number of benzene rings is 2. The number of hydrogen-bond acceptors (Lipinski definition) is 2. The van der Waals surface area contributed by atoms with Crippen molar-refractivity contribution in [2.75, 3.05) is 6.54 Å². The monoisotopic (exact) mass is 312 g/mol. The molecule has 1 aliphatic rings. The van der Waals surface area contributed by atoms with Crippen molar-refractivity contribution < 1.29 is 0 Å². The first-order valence-electron chi connectivity index (χ1n) is 6.18. The molecular weight excluding hydrogens is 300 g/mol. The Morgan fingerprint density at radius 2 is 1.84 bits per heavy atom. The van der Waals surface area contributed by atoms with Crippen LogP contribution in [0.25, 0.3) is 0 Å². The summed E-state index contributed by atoms with van der Waals surface area (Å²) in [7, 11) is 0. The Morgan fingerprint density at radius 3 is 2.63 bits per heavy atom. The molecule has 0 atom stereocenters. The molecule has 3 rings (SSSR count). The minimum absolute atomic E-state index is 0.649. The average molecular weight is 313 g/mol. The molecule has 0 amide bonds. The fraction of sp³-hybridized carbons (Fsp3) is 0.125. The van der Waals surface area contributed by atoms with Gasteiger partial charge in [0.15, 0.2) is 0 Å². The highest BCUT2D eigenvalue weighted by Gasteiger charge is 2.14. The van der Waals surface area contributed by atoms with E-state index in [1.54, 1.807) is 0 Å². The van der Waals surface area contributed by atoms with Gasteiger partial charge in [-0.3, -0.25) is 9.98 Å². The maximum Gasteiger partial charge on any atom is 0.0777 e. The van der Waals surface area contributed by atoms with Gasteiger partial charge in [-0.15, -0.1) is 0 Å². The minimum atomic E-state index is 0.649. The van der Waals surface area contributed by atoms with Crippen LogP contribution in [0.5, 0.6) is 0 Å². The smallest absolute Gasteiger partial charge is 0.0777 e. The van der Waals surface area contributed by atoms with Crippen LogP contribution in [0, 0.1) is 0 Å². The summed E-state index contributed by atoms with van der Waals surface area (Å²) >= 11 is 3.53. The largest absolute Gasteiger partial charge is 0.278 e. The molecule has 3 heteroatoms. The van der Waals surface area contributed by atoms with Crippen LogP contribution in [-0.2, 0) is 0 Å². The Morgan fingerprint density at radius 1 is 1.05 bits per heavy atom. The number of hydrogen-bond donors (Lipinski definition) is 0. The summed E-state index contributed by atoms with van der Waals surface area (Å²) in [5.74, 6) is 0. The molecule has 19 heavy (non-hydrogen) atoms. The van der Waals surface area contributed by atoms with E-state index in [1.807, 2.05) is 37.3 Å². The first-order chi connectivity index (χ1) is 9.24. The molecule has 2 aromatic carbocycles. The standard InChI is InChI=1S/C16H13BrN2/c1-11-10-18-16(12-5-3-2-4-6-12)14-9-13(17)7-8-15(14)19-11/h2-9H,10H2,1H3. The molecule has 94 valence electrons. The molecule has 0 aromatic heterocycles. The van der Waals surface area contributed by atoms with Gasteiger partial charge in [0.1, 0.15) is 0 Å². The van der Waals surface area contributed by atoms with Crippen molar-refractivity contribution in [3.8, 4) is 0 Å². The van der Waals surface area contributed by atoms with Gasteiger partial charge >= 0.3 is 0 Å². The van der Waals surface area contributed by atoms with Crippen molar-refractivity contribution in [2.45, 2.75) is 6.92 Å². The van der Waals surface area contributed by atoms with E-state index in [-0.39, 0.29) is 0 Å². The van der Waals surface area contributed by atoms with E-state index in [9.17, 15) is 0 Å². The second kappa shape index (κ2) is 5.10. The van der Waals surface area contributed by atoms with Gasteiger partial charge in [0.05, 0.1) is 17.9 Å². The van der Waals surface area contributed by atoms with Crippen LogP contribution in [0.2, 0.25) is 0 Å². The summed E-state index contributed by atoms with van der Waals surface area (Å²) < 4.78 is 1.05. The Labute approximate surface area is 121 Å². The number of rotatable bonds is 1. The molecule has 0 unspecified atom stereocenters. The second-order valence-corrected chi connectivity index (χ2v) is 5.46. The van der Waals surface area contributed by atoms with E-state index in [0.717, 1.165) is 32.7 Å². The maximum absolute atomic E-state index is 4.72. The molecule has 0 aliphatic carbocycles. The Hall–Kier alpha value is -1.74. The van der Waals surface area contributed by atoms with Gasteiger partial charge in [-0.25, -0.2) is 0 Å². The zero-order chi connectivity index (χ0) is 13.2. The topological polar surface area (TPSA) is 24.7 Å². The Kier molecular flexibility index (Phi) is 3.30. The van der Waals surface area contributed by atoms with Crippen LogP contribution in [0.4, 0.5) is 5.69 Å². The normalized spacial score (nSPS) is 14.2. The zero-order valence-electron chi connectivity index (χ0n) is 10.6. The van der Waals surface area contributed by atoms with Crippen molar-refractivity contribution in [3.05, 3.63) is 64.1 Å². The highest BCUT2D eigenvalue weighted by Crippen LogP contribution is 2.28. The van der Waals surface area contributed by atoms with E-state index in [0.29, 0.717) is 6.54 Å². The van der Waals surface area contributed by atoms with Gasteiger partial charge in [-0.05, 0) is 25.1 Å². The van der Waals surface area contributed by atoms with Crippen molar-refractivity contribution in [3.63, 3.8) is 0 Å². The summed E-state index contributed by atoms with van der Waals surface area (Å²) in [6.07, 6.45) is 0. The van der Waals surface area contributed by atoms with Crippen molar-refractivity contribution in [1.82, 2.24) is 0 Å². The molecule has 1 heterocycles. The highest BCUT2D eigenvalue weighted by atomic mass is 79.9. The molecular formula is C16H13BrN2. The van der Waals surface area contributed by atoms with Crippen LogP contribution in [-0.4, -0.2) is 18.0 Å². The quantitative estimate of drug-likeness (QED) is 0.746. The number of halogens is 1. The van der Waals surface area contributed by atoms with Gasteiger partial charge in [0.25, 0.3) is 0 Å². The predicted molar refractivity (Wildman–Crippen MR) is 83.9 cm³/mol. The number of aliphatic imine (C=N–C) groups is 2. The van der Waals surface area contributed by atoms with Crippen LogP contribution in [0.3, 0.4) is 0 Å². The molecule has 0 fully saturated rings. The molecule has 0 saturated heterocycles. The lowest BCUT2D eigenvalue weighted by Gasteiger charge is -2.08. The zero-order valence-corrected chi connectivity index (χ0v) is 12.2. The Bertz CT molecular complexity index is 672. The first-order valence-corrected chi connectivity index (χ1v) is 6.97. The lowest BCUT2D eigenvalue weighted by Crippen LogP contribution is -2.04. The van der Waals surface area contributed by atoms with E-state index >= 15 is 0 Å². The molecule has 1 aliphatic heterocycles. The summed E-state index contributed by atoms with van der Waals surface area (Å²) in [6, 6.07) is 16.4. The first kappa shape index (κ1) is 12.3. The summed E-state index contributed by atoms with van der Waals surface area (Å²) in [5.41, 5.74) is 5.25. The SMILES string of the molecule is CC1=Nc2ccc(Br)cc2C(c2ccccc2)=NC1. The van der Waals surface area contributed by atoms with Gasteiger partial charge in [-0.2, -0.15) is 0 Å². The van der Waals surface area contributed by atoms with Gasteiger partial charge < -0.3 is 0 Å². The van der Waals surface area contributed by atoms with E-state index in [4.69, 9.17) is 4.99 Å². The van der Waals surface area contributed by atoms with Crippen LogP contribution >= 0.6 is 15.9 Å². The third kappa shape index (κ3) is 2.51. The lowest BCUT2D eigenvalue weighted by atomic mass is 10.0. The number of fused-ring (bicyclic) bond motifs is 1. The molecule has 0 N–H and O–H groups in total. The lowest BCUT2D eigenvalue weighted by molar-refractivity contribution is 1.28. The molecule has 2 aromatic rings. The van der Waals surface area contributed by atoms with Gasteiger partial charge in [-0.1, -0.05) is 46.3 Å². The fourth-order valence-electron chi connectivity index (χ4n) is 2.16. The summed E-state index contributed by atoms with van der Waals surface area (Å²) in [4.78, 5) is 9.36. The predicted octanol–water partition coefficient (Wildman–Crippen LogP) is 4.39. The average Bonchev–Trinajstić information content (AvgIpc) is 2.58. The van der Waals surface area contributed by atoms with Crippen molar-refractivity contribution >= 4 is 33.0 Å². The summed E-state index contributed by atoms with van der Waals surface area (Å²) in [6.45, 7) is 2.67. The number of nitrogens with zero attached hydrogens (tertiary/aromatic N) is 2. The third-order valence-electron chi connectivity index (χ3n) is 3.04. The maximum atomic E-state index is 4.72. The fourth-order valence-corrected chi connectivity index (χ4v) is 2.52. The molecule has 0 bridgehead atoms. The van der Waals surface area contributed by atoms with Crippen LogP contribution < -0.4 is 0 Å².